The van der Waals surface area contributed by atoms with Crippen molar-refractivity contribution in [2.24, 2.45) is 0 Å². The Kier molecular flexibility index (Phi) is 4.05. The number of Topliss-reactive ketones (excluding diaryl/α,β-unsaturated/α-hetero) is 1. The van der Waals surface area contributed by atoms with Crippen molar-refractivity contribution in [2.45, 2.75) is 32.1 Å². The number of fused-ring (bicyclic) bond motifs is 1. The lowest BCUT2D eigenvalue weighted by Crippen LogP contribution is -2.18. The van der Waals surface area contributed by atoms with Crippen molar-refractivity contribution in [3.63, 3.8) is 0 Å². The summed E-state index contributed by atoms with van der Waals surface area (Å²) in [6.45, 7) is 2.60. The molecule has 0 radical (unpaired) electrons. The molecular formula is C19H20O2. The lowest BCUT2D eigenvalue weighted by molar-refractivity contribution is 0.0951. The largest absolute Gasteiger partial charge is 0.494 e. The van der Waals surface area contributed by atoms with Gasteiger partial charge in [0.25, 0.3) is 0 Å². The van der Waals surface area contributed by atoms with E-state index in [9.17, 15) is 4.79 Å². The van der Waals surface area contributed by atoms with Crippen LogP contribution in [0.2, 0.25) is 0 Å². The first-order chi connectivity index (χ1) is 10.3. The van der Waals surface area contributed by atoms with E-state index in [0.717, 1.165) is 30.6 Å². The molecule has 0 saturated heterocycles. The second-order valence-corrected chi connectivity index (χ2v) is 5.47. The Morgan fingerprint density at radius 2 is 1.90 bits per heavy atom. The van der Waals surface area contributed by atoms with Crippen LogP contribution in [0.3, 0.4) is 0 Å². The number of carbonyl (C=O) groups excluding carboxylic acids is 1. The monoisotopic (exact) mass is 280 g/mol. The van der Waals surface area contributed by atoms with E-state index in [1.165, 1.54) is 11.1 Å². The van der Waals surface area contributed by atoms with Gasteiger partial charge in [0.15, 0.2) is 5.78 Å². The minimum Gasteiger partial charge on any atom is -0.494 e. The Morgan fingerprint density at radius 3 is 2.67 bits per heavy atom. The number of hydrogen-bond donors (Lipinski definition) is 0. The number of carbonyl (C=O) groups is 1. The average Bonchev–Trinajstić information content (AvgIpc) is 2.55. The van der Waals surface area contributed by atoms with Crippen molar-refractivity contribution in [2.75, 3.05) is 6.61 Å². The molecule has 1 aliphatic carbocycles. The molecule has 0 aromatic heterocycles. The Balaban J connectivity index is 1.86. The number of aryl methyl sites for hydroxylation is 1. The van der Waals surface area contributed by atoms with Crippen LogP contribution in [0.15, 0.2) is 48.5 Å². The Bertz CT molecular complexity index is 628. The van der Waals surface area contributed by atoms with Crippen LogP contribution >= 0.6 is 0 Å². The molecule has 0 heterocycles. The molecule has 2 nitrogen and oxygen atoms in total. The molecule has 108 valence electrons. The third kappa shape index (κ3) is 2.85. The quantitative estimate of drug-likeness (QED) is 0.776. The molecule has 0 saturated carbocycles. The SMILES string of the molecule is CCOc1ccc(C(=O)C2CCCc3ccccc32)cc1. The van der Waals surface area contributed by atoms with Crippen LogP contribution in [0.4, 0.5) is 0 Å². The molecule has 21 heavy (non-hydrogen) atoms. The van der Waals surface area contributed by atoms with Crippen LogP contribution in [0, 0.1) is 0 Å². The summed E-state index contributed by atoms with van der Waals surface area (Å²) in [6.07, 6.45) is 3.12. The summed E-state index contributed by atoms with van der Waals surface area (Å²) in [5, 5.41) is 0. The van der Waals surface area contributed by atoms with Crippen LogP contribution in [-0.2, 0) is 6.42 Å². The van der Waals surface area contributed by atoms with Crippen LogP contribution < -0.4 is 4.74 Å². The van der Waals surface area contributed by atoms with Crippen LogP contribution in [-0.4, -0.2) is 12.4 Å². The first-order valence-corrected chi connectivity index (χ1v) is 7.64. The summed E-state index contributed by atoms with van der Waals surface area (Å²) in [6, 6.07) is 15.9. The third-order valence-corrected chi connectivity index (χ3v) is 4.14. The Morgan fingerprint density at radius 1 is 1.14 bits per heavy atom. The molecule has 2 aromatic carbocycles. The number of benzene rings is 2. The predicted octanol–water partition coefficient (Wildman–Crippen LogP) is 4.39. The highest BCUT2D eigenvalue weighted by molar-refractivity contribution is 6.01. The first kappa shape index (κ1) is 13.9. The third-order valence-electron chi connectivity index (χ3n) is 4.14. The first-order valence-electron chi connectivity index (χ1n) is 7.64. The van der Waals surface area contributed by atoms with Gasteiger partial charge < -0.3 is 4.74 Å². The van der Waals surface area contributed by atoms with Gasteiger partial charge in [0.05, 0.1) is 6.61 Å². The van der Waals surface area contributed by atoms with E-state index in [-0.39, 0.29) is 11.7 Å². The molecule has 0 amide bonds. The second-order valence-electron chi connectivity index (χ2n) is 5.47. The van der Waals surface area contributed by atoms with E-state index in [1.807, 2.05) is 37.3 Å². The highest BCUT2D eigenvalue weighted by Crippen LogP contribution is 2.34. The second kappa shape index (κ2) is 6.13. The van der Waals surface area contributed by atoms with Gasteiger partial charge in [-0.15, -0.1) is 0 Å². The summed E-state index contributed by atoms with van der Waals surface area (Å²) >= 11 is 0. The number of ether oxygens (including phenoxy) is 1. The van der Waals surface area contributed by atoms with Gasteiger partial charge in [-0.1, -0.05) is 24.3 Å². The Labute approximate surface area is 125 Å². The lowest BCUT2D eigenvalue weighted by Gasteiger charge is -2.24. The number of rotatable bonds is 4. The maximum absolute atomic E-state index is 12.8. The standard InChI is InChI=1S/C19H20O2/c1-2-21-16-12-10-15(11-13-16)19(20)18-9-5-7-14-6-3-4-8-17(14)18/h3-4,6,8,10-13,18H,2,5,7,9H2,1H3. The topological polar surface area (TPSA) is 26.3 Å². The molecule has 2 heteroatoms. The summed E-state index contributed by atoms with van der Waals surface area (Å²) in [7, 11) is 0. The summed E-state index contributed by atoms with van der Waals surface area (Å²) in [5.41, 5.74) is 3.32. The zero-order valence-electron chi connectivity index (χ0n) is 12.3. The van der Waals surface area contributed by atoms with Crippen LogP contribution in [0.1, 0.15) is 47.2 Å². The minimum absolute atomic E-state index is 0.00731. The molecular weight excluding hydrogens is 260 g/mol. The molecule has 1 aliphatic rings. The fourth-order valence-corrected chi connectivity index (χ4v) is 3.11. The van der Waals surface area contributed by atoms with Crippen molar-refractivity contribution in [3.05, 3.63) is 65.2 Å². The van der Waals surface area contributed by atoms with Gasteiger partial charge in [0.1, 0.15) is 5.75 Å². The van der Waals surface area contributed by atoms with E-state index in [1.54, 1.807) is 0 Å². The van der Waals surface area contributed by atoms with Gasteiger partial charge in [-0.3, -0.25) is 4.79 Å². The van der Waals surface area contributed by atoms with Gasteiger partial charge in [-0.2, -0.15) is 0 Å². The number of ketones is 1. The highest BCUT2D eigenvalue weighted by Gasteiger charge is 2.26. The van der Waals surface area contributed by atoms with Crippen molar-refractivity contribution in [3.8, 4) is 5.75 Å². The average molecular weight is 280 g/mol. The van der Waals surface area contributed by atoms with Gasteiger partial charge in [-0.05, 0) is 61.6 Å². The molecule has 1 atom stereocenters. The molecule has 0 N–H and O–H groups in total. The van der Waals surface area contributed by atoms with Crippen molar-refractivity contribution >= 4 is 5.78 Å². The summed E-state index contributed by atoms with van der Waals surface area (Å²) in [5.74, 6) is 1.05. The fraction of sp³-hybridized carbons (Fsp3) is 0.316. The molecule has 2 aromatic rings. The minimum atomic E-state index is 0.00731. The maximum atomic E-state index is 12.8. The van der Waals surface area contributed by atoms with E-state index in [2.05, 4.69) is 18.2 Å². The van der Waals surface area contributed by atoms with Gasteiger partial charge >= 0.3 is 0 Å². The van der Waals surface area contributed by atoms with Crippen molar-refractivity contribution in [1.29, 1.82) is 0 Å². The highest BCUT2D eigenvalue weighted by atomic mass is 16.5. The molecule has 3 rings (SSSR count). The van der Waals surface area contributed by atoms with Gasteiger partial charge in [0.2, 0.25) is 0 Å². The number of hydrogen-bond acceptors (Lipinski definition) is 2. The molecule has 0 spiro atoms. The van der Waals surface area contributed by atoms with E-state index in [4.69, 9.17) is 4.74 Å². The lowest BCUT2D eigenvalue weighted by atomic mass is 9.79. The summed E-state index contributed by atoms with van der Waals surface area (Å²) < 4.78 is 5.43. The fourth-order valence-electron chi connectivity index (χ4n) is 3.11. The van der Waals surface area contributed by atoms with E-state index >= 15 is 0 Å². The normalized spacial score (nSPS) is 17.1. The van der Waals surface area contributed by atoms with Crippen molar-refractivity contribution in [1.82, 2.24) is 0 Å². The van der Waals surface area contributed by atoms with E-state index < -0.39 is 0 Å². The molecule has 0 fully saturated rings. The van der Waals surface area contributed by atoms with Crippen molar-refractivity contribution < 1.29 is 9.53 Å². The van der Waals surface area contributed by atoms with Crippen LogP contribution in [0.25, 0.3) is 0 Å². The molecule has 1 unspecified atom stereocenters. The van der Waals surface area contributed by atoms with E-state index in [0.29, 0.717) is 6.61 Å². The molecule has 0 aliphatic heterocycles. The van der Waals surface area contributed by atoms with Crippen LogP contribution in [0.5, 0.6) is 5.75 Å². The smallest absolute Gasteiger partial charge is 0.170 e. The van der Waals surface area contributed by atoms with Gasteiger partial charge in [0, 0.05) is 11.5 Å². The zero-order chi connectivity index (χ0) is 14.7. The Hall–Kier alpha value is -2.09. The zero-order valence-corrected chi connectivity index (χ0v) is 12.3. The maximum Gasteiger partial charge on any atom is 0.170 e. The molecule has 0 bridgehead atoms. The van der Waals surface area contributed by atoms with Gasteiger partial charge in [-0.25, -0.2) is 0 Å². The predicted molar refractivity (Wildman–Crippen MR) is 84.1 cm³/mol. The summed E-state index contributed by atoms with van der Waals surface area (Å²) in [4.78, 5) is 12.8.